The highest BCUT2D eigenvalue weighted by Crippen LogP contribution is 2.44. The van der Waals surface area contributed by atoms with Gasteiger partial charge in [0.1, 0.15) is 6.61 Å². The van der Waals surface area contributed by atoms with Crippen molar-refractivity contribution in [2.45, 2.75) is 32.2 Å². The maximum absolute atomic E-state index is 12.2. The molecule has 0 fully saturated rings. The molecule has 3 rings (SSSR count). The Hall–Kier alpha value is -2.33. The normalized spacial score (nSPS) is 14.1. The van der Waals surface area contributed by atoms with Gasteiger partial charge in [0, 0.05) is 18.6 Å². The molecule has 0 spiro atoms. The van der Waals surface area contributed by atoms with Crippen molar-refractivity contribution in [2.75, 3.05) is 13.2 Å². The van der Waals surface area contributed by atoms with E-state index < -0.39 is 6.09 Å². The molecule has 1 amide bonds. The fraction of sp³-hybridized carbons (Fsp3) is 0.381. The molecule has 0 saturated carbocycles. The van der Waals surface area contributed by atoms with Crippen LogP contribution in [0.2, 0.25) is 0 Å². The van der Waals surface area contributed by atoms with Crippen molar-refractivity contribution >= 4 is 6.09 Å². The molecule has 0 aliphatic heterocycles. The van der Waals surface area contributed by atoms with Crippen LogP contribution in [0.4, 0.5) is 4.79 Å². The van der Waals surface area contributed by atoms with Crippen molar-refractivity contribution < 1.29 is 14.6 Å². The van der Waals surface area contributed by atoms with E-state index in [4.69, 9.17) is 9.84 Å². The highest BCUT2D eigenvalue weighted by atomic mass is 16.5. The molecule has 1 unspecified atom stereocenters. The summed E-state index contributed by atoms with van der Waals surface area (Å²) in [5.74, 6) is 0.307. The van der Waals surface area contributed by atoms with Crippen LogP contribution in [0.1, 0.15) is 37.3 Å². The molecule has 0 aromatic heterocycles. The minimum Gasteiger partial charge on any atom is -0.449 e. The van der Waals surface area contributed by atoms with Gasteiger partial charge in [0.25, 0.3) is 0 Å². The van der Waals surface area contributed by atoms with Crippen molar-refractivity contribution in [1.29, 1.82) is 0 Å². The van der Waals surface area contributed by atoms with Crippen molar-refractivity contribution in [2.24, 2.45) is 5.92 Å². The maximum atomic E-state index is 12.2. The summed E-state index contributed by atoms with van der Waals surface area (Å²) in [5.41, 5.74) is 4.83. The van der Waals surface area contributed by atoms with E-state index in [2.05, 4.69) is 29.6 Å². The summed E-state index contributed by atoms with van der Waals surface area (Å²) >= 11 is 0. The zero-order valence-electron chi connectivity index (χ0n) is 14.7. The van der Waals surface area contributed by atoms with Crippen LogP contribution < -0.4 is 5.32 Å². The van der Waals surface area contributed by atoms with Gasteiger partial charge in [-0.25, -0.2) is 4.79 Å². The van der Waals surface area contributed by atoms with Crippen molar-refractivity contribution in [3.63, 3.8) is 0 Å². The molecule has 0 saturated heterocycles. The number of amides is 1. The van der Waals surface area contributed by atoms with E-state index in [1.165, 1.54) is 22.3 Å². The number of alkyl carbamates (subject to hydrolysis) is 1. The quantitative estimate of drug-likeness (QED) is 0.838. The summed E-state index contributed by atoms with van der Waals surface area (Å²) in [6.45, 7) is 4.39. The largest absolute Gasteiger partial charge is 0.449 e. The number of hydrogen-bond acceptors (Lipinski definition) is 3. The highest BCUT2D eigenvalue weighted by Gasteiger charge is 2.29. The monoisotopic (exact) mass is 339 g/mol. The highest BCUT2D eigenvalue weighted by molar-refractivity contribution is 5.79. The van der Waals surface area contributed by atoms with Crippen molar-refractivity contribution in [3.05, 3.63) is 59.7 Å². The van der Waals surface area contributed by atoms with Gasteiger partial charge < -0.3 is 15.2 Å². The van der Waals surface area contributed by atoms with E-state index in [0.29, 0.717) is 13.0 Å². The van der Waals surface area contributed by atoms with Crippen LogP contribution in [0.5, 0.6) is 0 Å². The lowest BCUT2D eigenvalue weighted by atomic mass is 9.98. The second-order valence-electron chi connectivity index (χ2n) is 6.83. The number of ether oxygens (including phenoxy) is 1. The molecule has 1 atom stereocenters. The topological polar surface area (TPSA) is 58.6 Å². The van der Waals surface area contributed by atoms with Gasteiger partial charge in [0.05, 0.1) is 0 Å². The molecule has 25 heavy (non-hydrogen) atoms. The fourth-order valence-electron chi connectivity index (χ4n) is 3.50. The Balaban J connectivity index is 1.70. The summed E-state index contributed by atoms with van der Waals surface area (Å²) in [6.07, 6.45) is 0.107. The third kappa shape index (κ3) is 3.69. The Kier molecular flexibility index (Phi) is 5.39. The molecule has 1 aliphatic carbocycles. The number of hydrogen-bond donors (Lipinski definition) is 2. The minimum absolute atomic E-state index is 0.0481. The van der Waals surface area contributed by atoms with Crippen LogP contribution in [0.15, 0.2) is 48.5 Å². The second-order valence-corrected chi connectivity index (χ2v) is 6.83. The Morgan fingerprint density at radius 2 is 1.64 bits per heavy atom. The molecule has 4 heteroatoms. The Morgan fingerprint density at radius 1 is 1.08 bits per heavy atom. The molecule has 2 aromatic carbocycles. The van der Waals surface area contributed by atoms with Gasteiger partial charge >= 0.3 is 6.09 Å². The van der Waals surface area contributed by atoms with Crippen LogP contribution >= 0.6 is 0 Å². The van der Waals surface area contributed by atoms with Crippen LogP contribution in [0, 0.1) is 5.92 Å². The predicted molar refractivity (Wildman–Crippen MR) is 98.5 cm³/mol. The molecule has 2 N–H and O–H groups in total. The van der Waals surface area contributed by atoms with Crippen LogP contribution in [-0.4, -0.2) is 30.5 Å². The van der Waals surface area contributed by atoms with Gasteiger partial charge in [-0.3, -0.25) is 0 Å². The fourth-order valence-corrected chi connectivity index (χ4v) is 3.50. The van der Waals surface area contributed by atoms with E-state index in [1.54, 1.807) is 0 Å². The number of aliphatic hydroxyl groups excluding tert-OH is 1. The zero-order chi connectivity index (χ0) is 17.8. The Labute approximate surface area is 148 Å². The lowest BCUT2D eigenvalue weighted by molar-refractivity contribution is 0.132. The average molecular weight is 339 g/mol. The maximum Gasteiger partial charge on any atom is 0.407 e. The minimum atomic E-state index is -0.422. The standard InChI is InChI=1S/C21H25NO3/c1-14(2)20(11-12-23)22-21(24)25-13-19-17-9-5-3-7-15(17)16-8-4-6-10-18(16)19/h3-10,14,19-20,23H,11-13H2,1-2H3,(H,22,24). The molecule has 0 bridgehead atoms. The molecular weight excluding hydrogens is 314 g/mol. The van der Waals surface area contributed by atoms with Gasteiger partial charge in [-0.05, 0) is 34.6 Å². The number of rotatable bonds is 6. The molecule has 132 valence electrons. The summed E-state index contributed by atoms with van der Waals surface area (Å²) in [6, 6.07) is 16.5. The third-order valence-corrected chi connectivity index (χ3v) is 4.89. The first kappa shape index (κ1) is 17.5. The molecule has 0 radical (unpaired) electrons. The van der Waals surface area contributed by atoms with Crippen LogP contribution in [0.25, 0.3) is 11.1 Å². The predicted octanol–water partition coefficient (Wildman–Crippen LogP) is 3.93. The number of carbonyl (C=O) groups is 1. The van der Waals surface area contributed by atoms with E-state index in [0.717, 1.165) is 0 Å². The van der Waals surface area contributed by atoms with Gasteiger partial charge in [-0.1, -0.05) is 62.4 Å². The van der Waals surface area contributed by atoms with E-state index in [1.807, 2.05) is 38.1 Å². The van der Waals surface area contributed by atoms with Crippen molar-refractivity contribution in [3.8, 4) is 11.1 Å². The summed E-state index contributed by atoms with van der Waals surface area (Å²) in [4.78, 5) is 12.2. The summed E-state index contributed by atoms with van der Waals surface area (Å²) in [7, 11) is 0. The van der Waals surface area contributed by atoms with Crippen LogP contribution in [-0.2, 0) is 4.74 Å². The lowest BCUT2D eigenvalue weighted by Gasteiger charge is -2.22. The first-order chi connectivity index (χ1) is 12.1. The van der Waals surface area contributed by atoms with E-state index >= 15 is 0 Å². The first-order valence-electron chi connectivity index (χ1n) is 8.84. The Morgan fingerprint density at radius 3 is 2.16 bits per heavy atom. The molecule has 0 heterocycles. The second kappa shape index (κ2) is 7.70. The smallest absolute Gasteiger partial charge is 0.407 e. The average Bonchev–Trinajstić information content (AvgIpc) is 2.93. The van der Waals surface area contributed by atoms with Gasteiger partial charge in [0.15, 0.2) is 0 Å². The van der Waals surface area contributed by atoms with Gasteiger partial charge in [0.2, 0.25) is 0 Å². The number of benzene rings is 2. The van der Waals surface area contributed by atoms with Crippen LogP contribution in [0.3, 0.4) is 0 Å². The SMILES string of the molecule is CC(C)C(CCO)NC(=O)OCC1c2ccccc2-c2ccccc21. The number of carbonyl (C=O) groups excluding carboxylic acids is 1. The first-order valence-corrected chi connectivity index (χ1v) is 8.84. The summed E-state index contributed by atoms with van der Waals surface area (Å²) < 4.78 is 5.53. The molecular formula is C21H25NO3. The van der Waals surface area contributed by atoms with Gasteiger partial charge in [-0.15, -0.1) is 0 Å². The summed E-state index contributed by atoms with van der Waals surface area (Å²) in [5, 5.41) is 12.0. The molecule has 4 nitrogen and oxygen atoms in total. The van der Waals surface area contributed by atoms with Gasteiger partial charge in [-0.2, -0.15) is 0 Å². The van der Waals surface area contributed by atoms with Crippen molar-refractivity contribution in [1.82, 2.24) is 5.32 Å². The van der Waals surface area contributed by atoms with E-state index in [9.17, 15) is 4.79 Å². The number of nitrogens with one attached hydrogen (secondary N) is 1. The third-order valence-electron chi connectivity index (χ3n) is 4.89. The molecule has 1 aliphatic rings. The Bertz CT molecular complexity index is 696. The number of fused-ring (bicyclic) bond motifs is 3. The molecule has 2 aromatic rings. The lowest BCUT2D eigenvalue weighted by Crippen LogP contribution is -2.39. The van der Waals surface area contributed by atoms with E-state index in [-0.39, 0.29) is 24.5 Å². The number of aliphatic hydroxyl groups is 1. The zero-order valence-corrected chi connectivity index (χ0v) is 14.7.